The lowest BCUT2D eigenvalue weighted by atomic mass is 9.96. The zero-order chi connectivity index (χ0) is 24.9. The Balaban J connectivity index is 1.67. The number of ether oxygens (including phenoxy) is 2. The molecule has 0 spiro atoms. The van der Waals surface area contributed by atoms with Gasteiger partial charge >= 0.3 is 5.97 Å². The monoisotopic (exact) mass is 488 g/mol. The van der Waals surface area contributed by atoms with Crippen LogP contribution in [0.1, 0.15) is 44.7 Å². The van der Waals surface area contributed by atoms with E-state index in [4.69, 9.17) is 9.47 Å². The van der Waals surface area contributed by atoms with E-state index in [1.807, 2.05) is 6.92 Å². The number of hydrogen-bond acceptors (Lipinski definition) is 6. The molecule has 3 rings (SSSR count). The Morgan fingerprint density at radius 3 is 2.24 bits per heavy atom. The van der Waals surface area contributed by atoms with Gasteiger partial charge in [-0.15, -0.1) is 0 Å². The normalized spacial score (nSPS) is 14.5. The van der Waals surface area contributed by atoms with Crippen LogP contribution in [-0.4, -0.2) is 50.9 Å². The molecular weight excluding hydrogens is 456 g/mol. The molecule has 0 unspecified atom stereocenters. The number of hydrogen-bond donors (Lipinski definition) is 1. The topological polar surface area (TPSA) is 102 Å². The molecule has 0 atom stereocenters. The van der Waals surface area contributed by atoms with Crippen molar-refractivity contribution < 1.29 is 27.5 Å². The Hall–Kier alpha value is -2.91. The molecule has 1 aliphatic carbocycles. The summed E-state index contributed by atoms with van der Waals surface area (Å²) in [7, 11) is -3.86. The van der Waals surface area contributed by atoms with Gasteiger partial charge in [0.15, 0.2) is 0 Å². The number of nitrogens with zero attached hydrogens (tertiary/aromatic N) is 1. The Kier molecular flexibility index (Phi) is 7.99. The summed E-state index contributed by atoms with van der Waals surface area (Å²) in [5.74, 6) is -0.0471. The molecule has 9 heteroatoms. The van der Waals surface area contributed by atoms with Gasteiger partial charge in [-0.2, -0.15) is 4.31 Å². The van der Waals surface area contributed by atoms with Gasteiger partial charge in [-0.3, -0.25) is 9.59 Å². The van der Waals surface area contributed by atoms with Crippen LogP contribution in [0, 0.1) is 6.92 Å². The molecule has 34 heavy (non-hydrogen) atoms. The van der Waals surface area contributed by atoms with Crippen molar-refractivity contribution in [1.29, 1.82) is 0 Å². The summed E-state index contributed by atoms with van der Waals surface area (Å²) < 4.78 is 38.0. The van der Waals surface area contributed by atoms with Gasteiger partial charge in [-0.25, -0.2) is 8.42 Å². The zero-order valence-corrected chi connectivity index (χ0v) is 20.9. The zero-order valence-electron chi connectivity index (χ0n) is 20.1. The number of esters is 1. The minimum atomic E-state index is -3.86. The fraction of sp³-hybridized carbons (Fsp3) is 0.440. The number of nitrogens with one attached hydrogen (secondary N) is 1. The predicted octanol–water partition coefficient (Wildman–Crippen LogP) is 3.64. The number of rotatable bonds is 11. The van der Waals surface area contributed by atoms with E-state index in [2.05, 4.69) is 5.32 Å². The molecule has 8 nitrogen and oxygen atoms in total. The number of anilines is 1. The molecule has 2 aromatic carbocycles. The van der Waals surface area contributed by atoms with Crippen LogP contribution in [0.4, 0.5) is 5.69 Å². The summed E-state index contributed by atoms with van der Waals surface area (Å²) in [6.45, 7) is 7.75. The molecule has 1 amide bonds. The van der Waals surface area contributed by atoms with Crippen LogP contribution in [0.3, 0.4) is 0 Å². The van der Waals surface area contributed by atoms with E-state index in [9.17, 15) is 18.0 Å². The van der Waals surface area contributed by atoms with Crippen LogP contribution in [0.15, 0.2) is 47.4 Å². The van der Waals surface area contributed by atoms with E-state index in [0.29, 0.717) is 30.2 Å². The van der Waals surface area contributed by atoms with E-state index in [-0.39, 0.29) is 24.0 Å². The van der Waals surface area contributed by atoms with Gasteiger partial charge in [-0.1, -0.05) is 19.1 Å². The lowest BCUT2D eigenvalue weighted by molar-refractivity contribution is -0.146. The molecule has 0 bridgehead atoms. The molecule has 184 valence electrons. The van der Waals surface area contributed by atoms with Crippen LogP contribution in [0.25, 0.3) is 0 Å². The number of sulfonamides is 1. The molecular formula is C25H32N2O6S. The van der Waals surface area contributed by atoms with E-state index in [0.717, 1.165) is 22.7 Å². The van der Waals surface area contributed by atoms with Gasteiger partial charge in [0.1, 0.15) is 5.75 Å². The standard InChI is InChI=1S/C25H32N2O6S/c1-5-27(34(30,31)21-12-13-22(32-6-2)18(4)16-21)17-23(28)26-20-10-8-19(9-11-20)25(14-15-25)24(29)33-7-3/h8-13,16H,5-7,14-15,17H2,1-4H3,(H,26,28). The average molecular weight is 489 g/mol. The third kappa shape index (κ3) is 5.42. The molecule has 2 aromatic rings. The van der Waals surface area contributed by atoms with Gasteiger partial charge in [0.05, 0.1) is 30.1 Å². The van der Waals surface area contributed by atoms with Crippen LogP contribution in [0.2, 0.25) is 0 Å². The number of benzene rings is 2. The second kappa shape index (κ2) is 10.6. The molecule has 0 aromatic heterocycles. The van der Waals surface area contributed by atoms with Crippen molar-refractivity contribution >= 4 is 27.6 Å². The van der Waals surface area contributed by atoms with Gasteiger partial charge in [0.2, 0.25) is 15.9 Å². The Morgan fingerprint density at radius 1 is 1.03 bits per heavy atom. The van der Waals surface area contributed by atoms with E-state index in [1.165, 1.54) is 6.07 Å². The van der Waals surface area contributed by atoms with Crippen molar-refractivity contribution in [3.8, 4) is 5.75 Å². The van der Waals surface area contributed by atoms with Crippen molar-refractivity contribution in [1.82, 2.24) is 4.31 Å². The first-order chi connectivity index (χ1) is 16.2. The number of aryl methyl sites for hydroxylation is 1. The summed E-state index contributed by atoms with van der Waals surface area (Å²) in [4.78, 5) is 25.0. The van der Waals surface area contributed by atoms with Crippen molar-refractivity contribution in [2.45, 2.75) is 50.8 Å². The second-order valence-corrected chi connectivity index (χ2v) is 10.2. The third-order valence-corrected chi connectivity index (χ3v) is 7.81. The maximum Gasteiger partial charge on any atom is 0.316 e. The molecule has 1 saturated carbocycles. The summed E-state index contributed by atoms with van der Waals surface area (Å²) in [6, 6.07) is 11.7. The van der Waals surface area contributed by atoms with Crippen LogP contribution < -0.4 is 10.1 Å². The number of carbonyl (C=O) groups is 2. The van der Waals surface area contributed by atoms with Gasteiger partial charge in [0, 0.05) is 12.2 Å². The van der Waals surface area contributed by atoms with E-state index < -0.39 is 21.3 Å². The van der Waals surface area contributed by atoms with Crippen molar-refractivity contribution in [3.63, 3.8) is 0 Å². The number of carbonyl (C=O) groups excluding carboxylic acids is 2. The minimum Gasteiger partial charge on any atom is -0.494 e. The van der Waals surface area contributed by atoms with Gasteiger partial charge in [-0.05, 0) is 75.1 Å². The van der Waals surface area contributed by atoms with Gasteiger partial charge < -0.3 is 14.8 Å². The maximum absolute atomic E-state index is 13.1. The fourth-order valence-electron chi connectivity index (χ4n) is 3.85. The summed E-state index contributed by atoms with van der Waals surface area (Å²) >= 11 is 0. The van der Waals surface area contributed by atoms with Crippen LogP contribution in [0.5, 0.6) is 5.75 Å². The van der Waals surface area contributed by atoms with Crippen molar-refractivity contribution in [3.05, 3.63) is 53.6 Å². The smallest absolute Gasteiger partial charge is 0.316 e. The largest absolute Gasteiger partial charge is 0.494 e. The van der Waals surface area contributed by atoms with Crippen LogP contribution >= 0.6 is 0 Å². The molecule has 1 fully saturated rings. The molecule has 1 N–H and O–H groups in total. The summed E-state index contributed by atoms with van der Waals surface area (Å²) in [5.41, 5.74) is 1.51. The number of likely N-dealkylation sites (N-methyl/N-ethyl adjacent to an activating group) is 1. The Bertz CT molecular complexity index is 1140. The Labute approximate surface area is 201 Å². The average Bonchev–Trinajstić information content (AvgIpc) is 3.61. The molecule has 1 aliphatic rings. The van der Waals surface area contributed by atoms with E-state index >= 15 is 0 Å². The van der Waals surface area contributed by atoms with E-state index in [1.54, 1.807) is 57.2 Å². The lowest BCUT2D eigenvalue weighted by Crippen LogP contribution is -2.37. The molecule has 0 radical (unpaired) electrons. The first-order valence-electron chi connectivity index (χ1n) is 11.5. The first kappa shape index (κ1) is 25.7. The fourth-order valence-corrected chi connectivity index (χ4v) is 5.34. The summed E-state index contributed by atoms with van der Waals surface area (Å²) in [6.07, 6.45) is 1.48. The van der Waals surface area contributed by atoms with Gasteiger partial charge in [0.25, 0.3) is 0 Å². The minimum absolute atomic E-state index is 0.112. The third-order valence-electron chi connectivity index (χ3n) is 5.89. The summed E-state index contributed by atoms with van der Waals surface area (Å²) in [5, 5.41) is 2.74. The highest BCUT2D eigenvalue weighted by Crippen LogP contribution is 2.49. The first-order valence-corrected chi connectivity index (χ1v) is 12.9. The molecule has 0 aliphatic heterocycles. The highest BCUT2D eigenvalue weighted by molar-refractivity contribution is 7.89. The van der Waals surface area contributed by atoms with Crippen molar-refractivity contribution in [2.24, 2.45) is 0 Å². The molecule has 0 saturated heterocycles. The molecule has 0 heterocycles. The lowest BCUT2D eigenvalue weighted by Gasteiger charge is -2.21. The SMILES string of the molecule is CCOC(=O)C1(c2ccc(NC(=O)CN(CC)S(=O)(=O)c3ccc(OCC)c(C)c3)cc2)CC1. The highest BCUT2D eigenvalue weighted by atomic mass is 32.2. The maximum atomic E-state index is 13.1. The predicted molar refractivity (Wildman–Crippen MR) is 129 cm³/mol. The van der Waals surface area contributed by atoms with Crippen LogP contribution in [-0.2, 0) is 29.8 Å². The quantitative estimate of drug-likeness (QED) is 0.485. The number of amides is 1. The second-order valence-electron chi connectivity index (χ2n) is 8.22. The van der Waals surface area contributed by atoms with Crippen molar-refractivity contribution in [2.75, 3.05) is 31.6 Å². The Morgan fingerprint density at radius 2 is 1.71 bits per heavy atom. The highest BCUT2D eigenvalue weighted by Gasteiger charge is 2.52.